The van der Waals surface area contributed by atoms with Gasteiger partial charge < -0.3 is 10.2 Å². The number of benzene rings is 1. The fourth-order valence-electron chi connectivity index (χ4n) is 2.22. The highest BCUT2D eigenvalue weighted by Gasteiger charge is 2.22. The lowest BCUT2D eigenvalue weighted by atomic mass is 10.1. The van der Waals surface area contributed by atoms with E-state index in [0.717, 1.165) is 31.4 Å². The molecule has 19 heavy (non-hydrogen) atoms. The van der Waals surface area contributed by atoms with Gasteiger partial charge in [-0.3, -0.25) is 4.79 Å². The van der Waals surface area contributed by atoms with Crippen LogP contribution >= 0.6 is 0 Å². The quantitative estimate of drug-likeness (QED) is 0.910. The van der Waals surface area contributed by atoms with Crippen LogP contribution in [0, 0.1) is 11.6 Å². The Morgan fingerprint density at radius 2 is 1.84 bits per heavy atom. The Hall–Kier alpha value is -1.65. The summed E-state index contributed by atoms with van der Waals surface area (Å²) in [5.41, 5.74) is -0.0706. The first-order valence-electron chi connectivity index (χ1n) is 6.65. The van der Waals surface area contributed by atoms with E-state index in [2.05, 4.69) is 5.32 Å². The molecule has 104 valence electrons. The van der Waals surface area contributed by atoms with Gasteiger partial charge in [-0.05, 0) is 31.4 Å². The van der Waals surface area contributed by atoms with Crippen LogP contribution in [0.25, 0.3) is 0 Å². The van der Waals surface area contributed by atoms with Crippen LogP contribution in [-0.4, -0.2) is 30.4 Å². The van der Waals surface area contributed by atoms with E-state index in [9.17, 15) is 13.6 Å². The summed E-state index contributed by atoms with van der Waals surface area (Å²) in [4.78, 5) is 13.7. The summed E-state index contributed by atoms with van der Waals surface area (Å²) in [7, 11) is 0. The van der Waals surface area contributed by atoms with Crippen LogP contribution in [0.5, 0.6) is 0 Å². The predicted molar refractivity (Wildman–Crippen MR) is 70.3 cm³/mol. The fraction of sp³-hybridized carbons (Fsp3) is 0.500. The molecule has 0 saturated carbocycles. The van der Waals surface area contributed by atoms with E-state index >= 15 is 0 Å². The highest BCUT2D eigenvalue weighted by Crippen LogP contribution is 2.22. The molecule has 1 amide bonds. The molecule has 0 aromatic heterocycles. The molecule has 0 radical (unpaired) electrons. The van der Waals surface area contributed by atoms with Crippen LogP contribution in [0.3, 0.4) is 0 Å². The van der Waals surface area contributed by atoms with Gasteiger partial charge in [-0.1, -0.05) is 6.92 Å². The van der Waals surface area contributed by atoms with Gasteiger partial charge >= 0.3 is 0 Å². The minimum Gasteiger partial charge on any atom is -0.380 e. The van der Waals surface area contributed by atoms with E-state index in [4.69, 9.17) is 0 Å². The SMILES string of the molecule is CCCNc1c(F)cc(C(=O)N2CCCC2)cc1F. The zero-order chi connectivity index (χ0) is 13.8. The summed E-state index contributed by atoms with van der Waals surface area (Å²) in [6, 6.07) is 2.23. The molecular weight excluding hydrogens is 250 g/mol. The number of likely N-dealkylation sites (tertiary alicyclic amines) is 1. The third-order valence-corrected chi connectivity index (χ3v) is 3.23. The Balaban J connectivity index is 2.21. The van der Waals surface area contributed by atoms with E-state index in [1.54, 1.807) is 4.90 Å². The zero-order valence-electron chi connectivity index (χ0n) is 11.0. The van der Waals surface area contributed by atoms with Crippen molar-refractivity contribution in [2.75, 3.05) is 25.0 Å². The number of amides is 1. The number of nitrogens with one attached hydrogen (secondary N) is 1. The van der Waals surface area contributed by atoms with Gasteiger partial charge in [0.15, 0.2) is 0 Å². The first-order chi connectivity index (χ1) is 9.13. The van der Waals surface area contributed by atoms with Crippen LogP contribution in [-0.2, 0) is 0 Å². The summed E-state index contributed by atoms with van der Waals surface area (Å²) >= 11 is 0. The van der Waals surface area contributed by atoms with E-state index < -0.39 is 11.6 Å². The Kier molecular flexibility index (Phi) is 4.35. The molecule has 1 aliphatic rings. The lowest BCUT2D eigenvalue weighted by Gasteiger charge is -2.16. The maximum atomic E-state index is 13.8. The van der Waals surface area contributed by atoms with Crippen molar-refractivity contribution < 1.29 is 13.6 Å². The Morgan fingerprint density at radius 3 is 2.37 bits per heavy atom. The van der Waals surface area contributed by atoms with Crippen molar-refractivity contribution in [3.8, 4) is 0 Å². The number of rotatable bonds is 4. The van der Waals surface area contributed by atoms with Crippen LogP contribution in [0.1, 0.15) is 36.5 Å². The van der Waals surface area contributed by atoms with Gasteiger partial charge in [0.05, 0.1) is 0 Å². The first-order valence-corrected chi connectivity index (χ1v) is 6.65. The number of anilines is 1. The molecule has 0 atom stereocenters. The summed E-state index contributed by atoms with van der Waals surface area (Å²) in [5.74, 6) is -1.72. The van der Waals surface area contributed by atoms with E-state index in [1.807, 2.05) is 6.92 Å². The standard InChI is InChI=1S/C14H18F2N2O/c1-2-5-17-13-11(15)8-10(9-12(13)16)14(19)18-6-3-4-7-18/h8-9,17H,2-7H2,1H3. The lowest BCUT2D eigenvalue weighted by Crippen LogP contribution is -2.27. The molecular formula is C14H18F2N2O. The largest absolute Gasteiger partial charge is 0.380 e. The molecule has 1 aromatic rings. The monoisotopic (exact) mass is 268 g/mol. The Morgan fingerprint density at radius 1 is 1.26 bits per heavy atom. The zero-order valence-corrected chi connectivity index (χ0v) is 11.0. The summed E-state index contributed by atoms with van der Waals surface area (Å²) in [6.45, 7) is 3.73. The van der Waals surface area contributed by atoms with Crippen molar-refractivity contribution in [1.29, 1.82) is 0 Å². The van der Waals surface area contributed by atoms with Gasteiger partial charge in [0.1, 0.15) is 17.3 Å². The van der Waals surface area contributed by atoms with Crippen LogP contribution in [0.4, 0.5) is 14.5 Å². The molecule has 1 aliphatic heterocycles. The summed E-state index contributed by atoms with van der Waals surface area (Å²) < 4.78 is 27.6. The molecule has 5 heteroatoms. The molecule has 3 nitrogen and oxygen atoms in total. The third kappa shape index (κ3) is 3.03. The molecule has 0 aliphatic carbocycles. The van der Waals surface area contributed by atoms with E-state index in [0.29, 0.717) is 19.6 Å². The summed E-state index contributed by atoms with van der Waals surface area (Å²) in [6.07, 6.45) is 2.67. The third-order valence-electron chi connectivity index (χ3n) is 3.23. The number of carbonyl (C=O) groups is 1. The smallest absolute Gasteiger partial charge is 0.254 e. The molecule has 1 aromatic carbocycles. The minimum absolute atomic E-state index is 0.0824. The number of hydrogen-bond acceptors (Lipinski definition) is 2. The second kappa shape index (κ2) is 5.99. The van der Waals surface area contributed by atoms with Crippen molar-refractivity contribution in [3.05, 3.63) is 29.3 Å². The highest BCUT2D eigenvalue weighted by molar-refractivity contribution is 5.94. The highest BCUT2D eigenvalue weighted by atomic mass is 19.1. The average molecular weight is 268 g/mol. The lowest BCUT2D eigenvalue weighted by molar-refractivity contribution is 0.0792. The van der Waals surface area contributed by atoms with Gasteiger partial charge in [0.2, 0.25) is 0 Å². The van der Waals surface area contributed by atoms with Gasteiger partial charge in [0.25, 0.3) is 5.91 Å². The molecule has 1 N–H and O–H groups in total. The van der Waals surface area contributed by atoms with Gasteiger partial charge in [-0.2, -0.15) is 0 Å². The molecule has 0 unspecified atom stereocenters. The second-order valence-electron chi connectivity index (χ2n) is 4.74. The van der Waals surface area contributed by atoms with Gasteiger partial charge in [0, 0.05) is 25.2 Å². The second-order valence-corrected chi connectivity index (χ2v) is 4.74. The first kappa shape index (κ1) is 13.8. The fourth-order valence-corrected chi connectivity index (χ4v) is 2.22. The maximum Gasteiger partial charge on any atom is 0.254 e. The number of hydrogen-bond donors (Lipinski definition) is 1. The maximum absolute atomic E-state index is 13.8. The number of halogens is 2. The molecule has 2 rings (SSSR count). The topological polar surface area (TPSA) is 32.3 Å². The minimum atomic E-state index is -0.712. The normalized spacial score (nSPS) is 14.8. The van der Waals surface area contributed by atoms with Crippen LogP contribution < -0.4 is 5.32 Å². The van der Waals surface area contributed by atoms with E-state index in [-0.39, 0.29) is 17.2 Å². The van der Waals surface area contributed by atoms with Crippen molar-refractivity contribution in [2.24, 2.45) is 0 Å². The van der Waals surface area contributed by atoms with Crippen molar-refractivity contribution in [1.82, 2.24) is 4.90 Å². The molecule has 1 saturated heterocycles. The van der Waals surface area contributed by atoms with E-state index in [1.165, 1.54) is 0 Å². The Bertz CT molecular complexity index is 448. The van der Waals surface area contributed by atoms with Crippen LogP contribution in [0.15, 0.2) is 12.1 Å². The predicted octanol–water partition coefficient (Wildman–Crippen LogP) is 3.02. The van der Waals surface area contributed by atoms with Gasteiger partial charge in [-0.15, -0.1) is 0 Å². The number of nitrogens with zero attached hydrogens (tertiary/aromatic N) is 1. The van der Waals surface area contributed by atoms with Crippen LogP contribution in [0.2, 0.25) is 0 Å². The molecule has 1 fully saturated rings. The molecule has 1 heterocycles. The summed E-state index contributed by atoms with van der Waals surface area (Å²) in [5, 5.41) is 2.69. The Labute approximate surface area is 111 Å². The van der Waals surface area contributed by atoms with Crippen molar-refractivity contribution in [3.63, 3.8) is 0 Å². The van der Waals surface area contributed by atoms with Crippen molar-refractivity contribution >= 4 is 11.6 Å². The average Bonchev–Trinajstić information content (AvgIpc) is 2.90. The number of carbonyl (C=O) groups excluding carboxylic acids is 1. The van der Waals surface area contributed by atoms with Gasteiger partial charge in [-0.25, -0.2) is 8.78 Å². The molecule has 0 bridgehead atoms. The van der Waals surface area contributed by atoms with Crippen molar-refractivity contribution in [2.45, 2.75) is 26.2 Å². The molecule has 0 spiro atoms.